The second-order valence-electron chi connectivity index (χ2n) is 3.31. The van der Waals surface area contributed by atoms with Crippen LogP contribution in [0.4, 0.5) is 4.79 Å². The van der Waals surface area contributed by atoms with Crippen LogP contribution < -0.4 is 10.6 Å². The molecule has 0 aromatic carbocycles. The lowest BCUT2D eigenvalue weighted by atomic mass is 10.1. The van der Waals surface area contributed by atoms with Crippen molar-refractivity contribution in [2.45, 2.75) is 19.8 Å². The third-order valence-electron chi connectivity index (χ3n) is 2.24. The zero-order chi connectivity index (χ0) is 9.52. The maximum atomic E-state index is 10.9. The number of carbonyl (C=O) groups is 1. The zero-order valence-corrected chi connectivity index (χ0v) is 8.14. The number of nitrogens with one attached hydrogen (secondary N) is 2. The maximum absolute atomic E-state index is 10.9. The molecule has 1 heterocycles. The van der Waals surface area contributed by atoms with Gasteiger partial charge in [0.2, 0.25) is 0 Å². The Morgan fingerprint density at radius 1 is 1.69 bits per heavy atom. The number of hydrogen-bond donors (Lipinski definition) is 2. The Morgan fingerprint density at radius 2 is 2.54 bits per heavy atom. The quantitative estimate of drug-likeness (QED) is 0.680. The summed E-state index contributed by atoms with van der Waals surface area (Å²) in [6.07, 6.45) is 1.89. The number of alkyl carbamates (subject to hydrolysis) is 1. The fraction of sp³-hybridized carbons (Fsp3) is 0.889. The van der Waals surface area contributed by atoms with E-state index in [1.165, 1.54) is 6.42 Å². The summed E-state index contributed by atoms with van der Waals surface area (Å²) in [4.78, 5) is 10.9. The van der Waals surface area contributed by atoms with E-state index in [2.05, 4.69) is 10.6 Å². The van der Waals surface area contributed by atoms with Crippen LogP contribution in [0.5, 0.6) is 0 Å². The van der Waals surface area contributed by atoms with E-state index >= 15 is 0 Å². The van der Waals surface area contributed by atoms with Crippen molar-refractivity contribution in [3.05, 3.63) is 0 Å². The molecule has 1 fully saturated rings. The van der Waals surface area contributed by atoms with Crippen LogP contribution in [0.3, 0.4) is 0 Å². The Morgan fingerprint density at radius 3 is 3.15 bits per heavy atom. The summed E-state index contributed by atoms with van der Waals surface area (Å²) in [5, 5.41) is 5.87. The van der Waals surface area contributed by atoms with Crippen LogP contribution in [0.2, 0.25) is 0 Å². The first kappa shape index (κ1) is 10.3. The normalized spacial score (nSPS) is 21.5. The van der Waals surface area contributed by atoms with Crippen LogP contribution in [0, 0.1) is 5.92 Å². The number of hydrogen-bond acceptors (Lipinski definition) is 3. The molecule has 1 atom stereocenters. The Balaban J connectivity index is 1.96. The van der Waals surface area contributed by atoms with Crippen molar-refractivity contribution in [2.75, 3.05) is 26.2 Å². The minimum atomic E-state index is -0.298. The number of rotatable bonds is 4. The van der Waals surface area contributed by atoms with E-state index in [-0.39, 0.29) is 6.09 Å². The monoisotopic (exact) mass is 186 g/mol. The lowest BCUT2D eigenvalue weighted by Crippen LogP contribution is -2.24. The van der Waals surface area contributed by atoms with Crippen molar-refractivity contribution >= 4 is 6.09 Å². The van der Waals surface area contributed by atoms with Crippen LogP contribution in [-0.4, -0.2) is 32.3 Å². The lowest BCUT2D eigenvalue weighted by molar-refractivity contribution is 0.140. The van der Waals surface area contributed by atoms with Crippen molar-refractivity contribution in [1.29, 1.82) is 0 Å². The summed E-state index contributed by atoms with van der Waals surface area (Å²) < 4.78 is 4.97. The largest absolute Gasteiger partial charge is 0.450 e. The molecule has 0 bridgehead atoms. The maximum Gasteiger partial charge on any atom is 0.407 e. The van der Waals surface area contributed by atoms with Gasteiger partial charge in [-0.2, -0.15) is 0 Å². The molecule has 1 aliphatic heterocycles. The van der Waals surface area contributed by atoms with E-state index < -0.39 is 0 Å². The average Bonchev–Trinajstić information content (AvgIpc) is 2.57. The fourth-order valence-electron chi connectivity index (χ4n) is 1.47. The summed E-state index contributed by atoms with van der Waals surface area (Å²) >= 11 is 0. The molecule has 1 unspecified atom stereocenters. The Bertz CT molecular complexity index is 156. The van der Waals surface area contributed by atoms with E-state index in [0.29, 0.717) is 19.1 Å². The number of amides is 1. The van der Waals surface area contributed by atoms with Gasteiger partial charge in [-0.15, -0.1) is 0 Å². The molecule has 0 spiro atoms. The van der Waals surface area contributed by atoms with Gasteiger partial charge in [-0.1, -0.05) is 0 Å². The summed E-state index contributed by atoms with van der Waals surface area (Å²) in [5.41, 5.74) is 0. The van der Waals surface area contributed by atoms with Gasteiger partial charge in [0.15, 0.2) is 0 Å². The molecule has 1 amide bonds. The van der Waals surface area contributed by atoms with Crippen molar-refractivity contribution in [1.82, 2.24) is 10.6 Å². The summed E-state index contributed by atoms with van der Waals surface area (Å²) in [6, 6.07) is 0. The molecule has 13 heavy (non-hydrogen) atoms. The molecule has 76 valence electrons. The number of ether oxygens (including phenoxy) is 1. The zero-order valence-electron chi connectivity index (χ0n) is 8.14. The van der Waals surface area contributed by atoms with Crippen molar-refractivity contribution in [2.24, 2.45) is 5.92 Å². The average molecular weight is 186 g/mol. The topological polar surface area (TPSA) is 50.4 Å². The third-order valence-corrected chi connectivity index (χ3v) is 2.24. The van der Waals surface area contributed by atoms with Crippen molar-refractivity contribution < 1.29 is 9.53 Å². The van der Waals surface area contributed by atoms with E-state index in [4.69, 9.17) is 4.74 Å². The van der Waals surface area contributed by atoms with Crippen molar-refractivity contribution in [3.8, 4) is 0 Å². The van der Waals surface area contributed by atoms with Crippen LogP contribution >= 0.6 is 0 Å². The van der Waals surface area contributed by atoms with Gasteiger partial charge in [0.05, 0.1) is 6.61 Å². The summed E-state index contributed by atoms with van der Waals surface area (Å²) in [7, 11) is 0. The van der Waals surface area contributed by atoms with Gasteiger partial charge >= 0.3 is 6.09 Å². The first-order valence-corrected chi connectivity index (χ1v) is 4.94. The van der Waals surface area contributed by atoms with Gasteiger partial charge < -0.3 is 15.4 Å². The summed E-state index contributed by atoms with van der Waals surface area (Å²) in [5.74, 6) is 0.689. The Labute approximate surface area is 79.0 Å². The highest BCUT2D eigenvalue weighted by atomic mass is 16.5. The van der Waals surface area contributed by atoms with Gasteiger partial charge in [0.1, 0.15) is 0 Å². The minimum Gasteiger partial charge on any atom is -0.450 e. The van der Waals surface area contributed by atoms with Crippen LogP contribution in [0.15, 0.2) is 0 Å². The highest BCUT2D eigenvalue weighted by Gasteiger charge is 2.14. The van der Waals surface area contributed by atoms with Gasteiger partial charge in [-0.3, -0.25) is 0 Å². The molecule has 0 saturated carbocycles. The molecular formula is C9H18N2O2. The molecular weight excluding hydrogens is 168 g/mol. The Kier molecular flexibility index (Phi) is 4.60. The molecule has 0 radical (unpaired) electrons. The summed E-state index contributed by atoms with van der Waals surface area (Å²) in [6.45, 7) is 5.22. The minimum absolute atomic E-state index is 0.298. The predicted octanol–water partition coefficient (Wildman–Crippen LogP) is 0.732. The molecule has 0 aromatic heterocycles. The van der Waals surface area contributed by atoms with E-state index in [1.54, 1.807) is 0 Å². The first-order chi connectivity index (χ1) is 6.33. The molecule has 0 aliphatic carbocycles. The molecule has 1 rings (SSSR count). The molecule has 2 N–H and O–H groups in total. The number of carbonyl (C=O) groups excluding carboxylic acids is 1. The van der Waals surface area contributed by atoms with Gasteiger partial charge in [-0.05, 0) is 38.8 Å². The molecule has 0 aromatic rings. The molecule has 1 aliphatic rings. The van der Waals surface area contributed by atoms with Crippen LogP contribution in [0.1, 0.15) is 19.8 Å². The van der Waals surface area contributed by atoms with E-state index in [9.17, 15) is 4.79 Å². The second kappa shape index (κ2) is 5.80. The van der Waals surface area contributed by atoms with Crippen LogP contribution in [0.25, 0.3) is 0 Å². The highest BCUT2D eigenvalue weighted by molar-refractivity contribution is 5.66. The van der Waals surface area contributed by atoms with E-state index in [0.717, 1.165) is 19.5 Å². The first-order valence-electron chi connectivity index (χ1n) is 4.94. The molecule has 1 saturated heterocycles. The molecule has 4 heteroatoms. The SMILES string of the molecule is CCNC(=O)OCCC1CCNC1. The van der Waals surface area contributed by atoms with E-state index in [1.807, 2.05) is 6.92 Å². The van der Waals surface area contributed by atoms with Crippen LogP contribution in [-0.2, 0) is 4.74 Å². The predicted molar refractivity (Wildman–Crippen MR) is 50.6 cm³/mol. The van der Waals surface area contributed by atoms with Crippen molar-refractivity contribution in [3.63, 3.8) is 0 Å². The fourth-order valence-corrected chi connectivity index (χ4v) is 1.47. The second-order valence-corrected chi connectivity index (χ2v) is 3.31. The van der Waals surface area contributed by atoms with Gasteiger partial charge in [0, 0.05) is 6.54 Å². The molecule has 4 nitrogen and oxygen atoms in total. The Hall–Kier alpha value is -0.770. The van der Waals surface area contributed by atoms with Gasteiger partial charge in [0.25, 0.3) is 0 Å². The van der Waals surface area contributed by atoms with Gasteiger partial charge in [-0.25, -0.2) is 4.79 Å². The third kappa shape index (κ3) is 4.12. The smallest absolute Gasteiger partial charge is 0.407 e. The standard InChI is InChI=1S/C9H18N2O2/c1-2-11-9(12)13-6-4-8-3-5-10-7-8/h8,10H,2-7H2,1H3,(H,11,12). The highest BCUT2D eigenvalue weighted by Crippen LogP contribution is 2.11. The lowest BCUT2D eigenvalue weighted by Gasteiger charge is -2.08.